The number of rotatable bonds is 6. The molecule has 0 aliphatic carbocycles. The van der Waals surface area contributed by atoms with Gasteiger partial charge in [-0.05, 0) is 0 Å². The molecule has 0 saturated heterocycles. The molecule has 104 valence electrons. The van der Waals surface area contributed by atoms with Crippen molar-refractivity contribution in [3.63, 3.8) is 0 Å². The molecule has 1 rings (SSSR count). The van der Waals surface area contributed by atoms with Crippen molar-refractivity contribution in [2.24, 2.45) is 0 Å². The Bertz CT molecular complexity index is 460. The zero-order valence-corrected chi connectivity index (χ0v) is 10.0. The van der Waals surface area contributed by atoms with E-state index in [1.54, 1.807) is 0 Å². The summed E-state index contributed by atoms with van der Waals surface area (Å²) in [5.41, 5.74) is 0. The maximum Gasteiger partial charge on any atom is 0.326 e. The summed E-state index contributed by atoms with van der Waals surface area (Å²) in [4.78, 5) is 37.9. The van der Waals surface area contributed by atoms with E-state index in [1.807, 2.05) is 0 Å². The molecule has 0 fully saturated rings. The number of carbonyl (C=O) groups excluding carboxylic acids is 1. The third kappa shape index (κ3) is 4.61. The average molecular weight is 271 g/mol. The van der Waals surface area contributed by atoms with Gasteiger partial charge in [0.1, 0.15) is 18.2 Å². The van der Waals surface area contributed by atoms with Crippen molar-refractivity contribution in [1.29, 1.82) is 0 Å². The molecule has 0 aliphatic heterocycles. The van der Waals surface area contributed by atoms with Gasteiger partial charge in [-0.1, -0.05) is 0 Å². The lowest BCUT2D eigenvalue weighted by atomic mass is 10.2. The van der Waals surface area contributed by atoms with Gasteiger partial charge in [-0.3, -0.25) is 9.89 Å². The molecule has 10 heteroatoms. The Hall–Kier alpha value is -2.65. The number of hydrogen-bond acceptors (Lipinski definition) is 5. The number of carbonyl (C=O) groups is 3. The minimum absolute atomic E-state index is 0.0885. The molecule has 0 aromatic carbocycles. The summed E-state index contributed by atoms with van der Waals surface area (Å²) in [5, 5.41) is 25.6. The number of amides is 2. The van der Waals surface area contributed by atoms with Crippen LogP contribution in [0.3, 0.4) is 0 Å². The number of carboxylic acids is 2. The molecule has 0 aliphatic rings. The smallest absolute Gasteiger partial charge is 0.326 e. The van der Waals surface area contributed by atoms with Gasteiger partial charge in [-0.25, -0.2) is 14.6 Å². The SMILES string of the molecule is CN(Cc1ncn[nH]1)C(=O)N[C@@H](CC(=O)O)C(=O)O. The predicted octanol–water partition coefficient (Wildman–Crippen LogP) is -1.13. The van der Waals surface area contributed by atoms with E-state index in [0.29, 0.717) is 5.82 Å². The summed E-state index contributed by atoms with van der Waals surface area (Å²) in [6.45, 7) is 0.0885. The van der Waals surface area contributed by atoms with Gasteiger partial charge in [0.05, 0.1) is 13.0 Å². The molecule has 1 atom stereocenters. The first kappa shape index (κ1) is 14.4. The second-order valence-corrected chi connectivity index (χ2v) is 3.73. The van der Waals surface area contributed by atoms with Crippen molar-refractivity contribution in [2.45, 2.75) is 19.0 Å². The zero-order valence-electron chi connectivity index (χ0n) is 10.0. The normalized spacial score (nSPS) is 11.6. The summed E-state index contributed by atoms with van der Waals surface area (Å²) in [5.74, 6) is -2.31. The zero-order chi connectivity index (χ0) is 14.4. The third-order valence-corrected chi connectivity index (χ3v) is 2.17. The van der Waals surface area contributed by atoms with Gasteiger partial charge in [0.15, 0.2) is 0 Å². The number of aliphatic carboxylic acids is 2. The van der Waals surface area contributed by atoms with E-state index in [4.69, 9.17) is 10.2 Å². The maximum absolute atomic E-state index is 11.7. The minimum Gasteiger partial charge on any atom is -0.481 e. The molecule has 4 N–H and O–H groups in total. The number of carboxylic acid groups (broad SMARTS) is 2. The van der Waals surface area contributed by atoms with Crippen LogP contribution in [0.1, 0.15) is 12.2 Å². The quantitative estimate of drug-likeness (QED) is 0.511. The van der Waals surface area contributed by atoms with Gasteiger partial charge in [0.2, 0.25) is 0 Å². The van der Waals surface area contributed by atoms with Gasteiger partial charge in [-0.15, -0.1) is 0 Å². The Labute approximate surface area is 107 Å². The number of aromatic amines is 1. The summed E-state index contributed by atoms with van der Waals surface area (Å²) < 4.78 is 0. The third-order valence-electron chi connectivity index (χ3n) is 2.17. The van der Waals surface area contributed by atoms with Crippen LogP contribution in [-0.2, 0) is 16.1 Å². The van der Waals surface area contributed by atoms with Crippen LogP contribution in [0.15, 0.2) is 6.33 Å². The first-order valence-electron chi connectivity index (χ1n) is 5.20. The number of nitrogens with zero attached hydrogens (tertiary/aromatic N) is 3. The fraction of sp³-hybridized carbons (Fsp3) is 0.444. The summed E-state index contributed by atoms with van der Waals surface area (Å²) in [6.07, 6.45) is 0.572. The topological polar surface area (TPSA) is 149 Å². The molecule has 0 spiro atoms. The Morgan fingerprint density at radius 2 is 2.16 bits per heavy atom. The highest BCUT2D eigenvalue weighted by molar-refractivity contribution is 5.86. The lowest BCUT2D eigenvalue weighted by molar-refractivity contribution is -0.145. The minimum atomic E-state index is -1.48. The van der Waals surface area contributed by atoms with Crippen LogP contribution in [0.4, 0.5) is 4.79 Å². The molecule has 2 amide bonds. The molecule has 19 heavy (non-hydrogen) atoms. The second-order valence-electron chi connectivity index (χ2n) is 3.73. The van der Waals surface area contributed by atoms with Crippen LogP contribution in [-0.4, -0.2) is 61.4 Å². The molecule has 0 unspecified atom stereocenters. The van der Waals surface area contributed by atoms with Crippen molar-refractivity contribution >= 4 is 18.0 Å². The van der Waals surface area contributed by atoms with Crippen molar-refractivity contribution in [3.05, 3.63) is 12.2 Å². The molecule has 0 saturated carbocycles. The molecule has 1 aromatic rings. The Morgan fingerprint density at radius 3 is 2.63 bits per heavy atom. The van der Waals surface area contributed by atoms with Gasteiger partial charge >= 0.3 is 18.0 Å². The molecule has 1 heterocycles. The largest absolute Gasteiger partial charge is 0.481 e. The fourth-order valence-corrected chi connectivity index (χ4v) is 1.24. The summed E-state index contributed by atoms with van der Waals surface area (Å²) in [7, 11) is 1.41. The van der Waals surface area contributed by atoms with Gasteiger partial charge in [-0.2, -0.15) is 5.10 Å². The lowest BCUT2D eigenvalue weighted by Gasteiger charge is -2.19. The first-order valence-corrected chi connectivity index (χ1v) is 5.20. The van der Waals surface area contributed by atoms with E-state index < -0.39 is 30.4 Å². The predicted molar refractivity (Wildman–Crippen MR) is 60.1 cm³/mol. The number of nitrogens with one attached hydrogen (secondary N) is 2. The van der Waals surface area contributed by atoms with Crippen LogP contribution in [0.2, 0.25) is 0 Å². The summed E-state index contributed by atoms with van der Waals surface area (Å²) >= 11 is 0. The Kier molecular flexibility index (Phi) is 4.80. The molecule has 0 bridgehead atoms. The number of hydrogen-bond donors (Lipinski definition) is 4. The number of urea groups is 1. The first-order chi connectivity index (χ1) is 8.90. The van der Waals surface area contributed by atoms with E-state index in [9.17, 15) is 14.4 Å². The molecule has 10 nitrogen and oxygen atoms in total. The maximum atomic E-state index is 11.7. The highest BCUT2D eigenvalue weighted by Crippen LogP contribution is 1.98. The van der Waals surface area contributed by atoms with Crippen molar-refractivity contribution in [2.75, 3.05) is 7.05 Å². The van der Waals surface area contributed by atoms with Crippen LogP contribution in [0.5, 0.6) is 0 Å². The number of aromatic nitrogens is 3. The Balaban J connectivity index is 2.56. The van der Waals surface area contributed by atoms with Crippen molar-refractivity contribution < 1.29 is 24.6 Å². The van der Waals surface area contributed by atoms with Crippen LogP contribution >= 0.6 is 0 Å². The van der Waals surface area contributed by atoms with Gasteiger partial charge in [0, 0.05) is 7.05 Å². The van der Waals surface area contributed by atoms with Crippen molar-refractivity contribution in [1.82, 2.24) is 25.4 Å². The molecule has 0 radical (unpaired) electrons. The molecular formula is C9H13N5O5. The van der Waals surface area contributed by atoms with Crippen LogP contribution < -0.4 is 5.32 Å². The average Bonchev–Trinajstić information content (AvgIpc) is 2.79. The van der Waals surface area contributed by atoms with E-state index in [1.165, 1.54) is 13.4 Å². The van der Waals surface area contributed by atoms with Crippen LogP contribution in [0, 0.1) is 0 Å². The van der Waals surface area contributed by atoms with Crippen molar-refractivity contribution in [3.8, 4) is 0 Å². The van der Waals surface area contributed by atoms with E-state index in [-0.39, 0.29) is 6.54 Å². The van der Waals surface area contributed by atoms with E-state index in [0.717, 1.165) is 4.90 Å². The van der Waals surface area contributed by atoms with Gasteiger partial charge < -0.3 is 20.4 Å². The summed E-state index contributed by atoms with van der Waals surface area (Å²) in [6, 6.07) is -2.20. The Morgan fingerprint density at radius 1 is 1.47 bits per heavy atom. The van der Waals surface area contributed by atoms with E-state index in [2.05, 4.69) is 20.5 Å². The highest BCUT2D eigenvalue weighted by atomic mass is 16.4. The monoisotopic (exact) mass is 271 g/mol. The second kappa shape index (κ2) is 6.33. The molecular weight excluding hydrogens is 258 g/mol. The molecule has 1 aromatic heterocycles. The lowest BCUT2D eigenvalue weighted by Crippen LogP contribution is -2.47. The number of H-pyrrole nitrogens is 1. The standard InChI is InChI=1S/C9H13N5O5/c1-14(3-6-10-4-11-13-6)9(19)12-5(8(17)18)2-7(15)16/h4-5H,2-3H2,1H3,(H,12,19)(H,15,16)(H,17,18)(H,10,11,13)/t5-/m0/s1. The van der Waals surface area contributed by atoms with Crippen LogP contribution in [0.25, 0.3) is 0 Å². The fourth-order valence-electron chi connectivity index (χ4n) is 1.24. The highest BCUT2D eigenvalue weighted by Gasteiger charge is 2.24. The van der Waals surface area contributed by atoms with E-state index >= 15 is 0 Å². The van der Waals surface area contributed by atoms with Gasteiger partial charge in [0.25, 0.3) is 0 Å².